The molecule has 254 valence electrons. The number of aliphatic carboxylic acids is 1. The molecule has 3 saturated heterocycles. The Labute approximate surface area is 271 Å². The number of carbonyl (C=O) groups is 3. The Morgan fingerprint density at radius 3 is 1.64 bits per heavy atom. The van der Waals surface area contributed by atoms with E-state index in [-0.39, 0.29) is 23.7 Å². The number of fused-ring (bicyclic) bond motifs is 3. The first-order chi connectivity index (χ1) is 22.4. The molecular formula is C34H39F3N2O8. The van der Waals surface area contributed by atoms with Crippen molar-refractivity contribution in [3.63, 3.8) is 0 Å². The lowest BCUT2D eigenvalue weighted by Crippen LogP contribution is -2.54. The minimum Gasteiger partial charge on any atom is -0.493 e. The number of piperidine rings is 3. The van der Waals surface area contributed by atoms with E-state index in [0.717, 1.165) is 43.6 Å². The standard InChI is InChI=1S/C32H38N2O6.C2HF3O2/c1-37-27-7-5-20(15-29(27)39-3)13-23-17-25(33-32(36)26-19-34-11-9-22(26)10-12-34)18-24(31(23)35)14-21-6-8-28(38-2)30(16-21)40-4;3-2(4,5)1(6)7/h5-8,13-16,22,25-26H,9-12,17-19H2,1-4H3,(H,33,36);(H,6,7)/b23-13+,24-14+;. The predicted molar refractivity (Wildman–Crippen MR) is 168 cm³/mol. The fourth-order valence-electron chi connectivity index (χ4n) is 6.20. The number of carboxylic acid groups (broad SMARTS) is 1. The highest BCUT2D eigenvalue weighted by Gasteiger charge is 2.40. The molecule has 3 aliphatic heterocycles. The van der Waals surface area contributed by atoms with Gasteiger partial charge in [0.15, 0.2) is 28.8 Å². The van der Waals surface area contributed by atoms with Crippen LogP contribution in [0.1, 0.15) is 36.8 Å². The number of halogens is 3. The maximum absolute atomic E-state index is 13.8. The molecule has 0 aromatic heterocycles. The van der Waals surface area contributed by atoms with Crippen LogP contribution in [0.5, 0.6) is 23.0 Å². The molecule has 0 radical (unpaired) electrons. The summed E-state index contributed by atoms with van der Waals surface area (Å²) in [7, 11) is 6.36. The van der Waals surface area contributed by atoms with E-state index in [1.54, 1.807) is 28.4 Å². The second kappa shape index (κ2) is 15.4. The second-order valence-corrected chi connectivity index (χ2v) is 11.6. The topological polar surface area (TPSA) is 124 Å². The third-order valence-electron chi connectivity index (χ3n) is 8.59. The number of nitrogens with zero attached hydrogens (tertiary/aromatic N) is 1. The van der Waals surface area contributed by atoms with E-state index >= 15 is 0 Å². The van der Waals surface area contributed by atoms with Gasteiger partial charge in [0, 0.05) is 23.7 Å². The summed E-state index contributed by atoms with van der Waals surface area (Å²) in [5.74, 6) is 0.194. The lowest BCUT2D eigenvalue weighted by molar-refractivity contribution is -0.192. The van der Waals surface area contributed by atoms with E-state index in [1.165, 1.54) is 0 Å². The molecule has 6 rings (SSSR count). The van der Waals surface area contributed by atoms with Gasteiger partial charge in [0.25, 0.3) is 0 Å². The van der Waals surface area contributed by atoms with Crippen molar-refractivity contribution < 1.29 is 51.6 Å². The summed E-state index contributed by atoms with van der Waals surface area (Å²) in [6.07, 6.45) is 1.78. The molecule has 1 amide bonds. The molecule has 13 heteroatoms. The zero-order chi connectivity index (χ0) is 34.3. The molecule has 3 heterocycles. The average molecular weight is 661 g/mol. The van der Waals surface area contributed by atoms with Gasteiger partial charge in [-0.15, -0.1) is 0 Å². The van der Waals surface area contributed by atoms with Crippen molar-refractivity contribution >= 4 is 29.8 Å². The van der Waals surface area contributed by atoms with Crippen LogP contribution < -0.4 is 24.3 Å². The quantitative estimate of drug-likeness (QED) is 0.376. The molecule has 1 aliphatic carbocycles. The lowest BCUT2D eigenvalue weighted by atomic mass is 9.78. The summed E-state index contributed by atoms with van der Waals surface area (Å²) >= 11 is 0. The van der Waals surface area contributed by atoms with Crippen LogP contribution in [-0.4, -0.2) is 88.0 Å². The summed E-state index contributed by atoms with van der Waals surface area (Å²) in [5, 5.41) is 10.4. The molecule has 2 bridgehead atoms. The zero-order valence-electron chi connectivity index (χ0n) is 26.7. The molecule has 10 nitrogen and oxygen atoms in total. The number of hydrogen-bond donors (Lipinski definition) is 2. The Hall–Kier alpha value is -4.52. The number of alkyl halides is 3. The van der Waals surface area contributed by atoms with Gasteiger partial charge in [-0.3, -0.25) is 9.59 Å². The lowest BCUT2D eigenvalue weighted by Gasteiger charge is -2.44. The molecular weight excluding hydrogens is 621 g/mol. The normalized spacial score (nSPS) is 23.9. The Morgan fingerprint density at radius 2 is 1.28 bits per heavy atom. The van der Waals surface area contributed by atoms with Crippen LogP contribution >= 0.6 is 0 Å². The first kappa shape index (κ1) is 35.3. The summed E-state index contributed by atoms with van der Waals surface area (Å²) < 4.78 is 53.4. The number of carboxylic acids is 1. The minimum atomic E-state index is -5.08. The Kier molecular flexibility index (Phi) is 11.6. The monoisotopic (exact) mass is 660 g/mol. The number of rotatable bonds is 8. The molecule has 4 aliphatic rings. The van der Waals surface area contributed by atoms with E-state index in [1.807, 2.05) is 48.6 Å². The van der Waals surface area contributed by atoms with Gasteiger partial charge in [0.1, 0.15) is 0 Å². The van der Waals surface area contributed by atoms with Crippen LogP contribution in [0.2, 0.25) is 0 Å². The SMILES string of the molecule is COc1ccc(/C=C2\CC(NC(=O)C3CN4CCC3CC4)C/C(=C\c3ccc(OC)c(OC)c3)C2=O)cc1OC.O=C(O)C(F)(F)F. The van der Waals surface area contributed by atoms with E-state index < -0.39 is 12.1 Å². The van der Waals surface area contributed by atoms with Crippen molar-refractivity contribution in [1.82, 2.24) is 10.2 Å². The van der Waals surface area contributed by atoms with Gasteiger partial charge < -0.3 is 34.3 Å². The molecule has 2 aromatic carbocycles. The Balaban J connectivity index is 0.000000644. The second-order valence-electron chi connectivity index (χ2n) is 11.6. The van der Waals surface area contributed by atoms with Crippen molar-refractivity contribution in [2.45, 2.75) is 37.9 Å². The highest BCUT2D eigenvalue weighted by atomic mass is 19.4. The molecule has 4 fully saturated rings. The largest absolute Gasteiger partial charge is 0.493 e. The van der Waals surface area contributed by atoms with Crippen LogP contribution in [-0.2, 0) is 14.4 Å². The van der Waals surface area contributed by atoms with Gasteiger partial charge in [-0.2, -0.15) is 13.2 Å². The number of methoxy groups -OCH3 is 4. The number of ether oxygens (including phenoxy) is 4. The van der Waals surface area contributed by atoms with E-state index in [2.05, 4.69) is 10.2 Å². The van der Waals surface area contributed by atoms with Crippen LogP contribution in [0.4, 0.5) is 13.2 Å². The van der Waals surface area contributed by atoms with Gasteiger partial charge >= 0.3 is 12.1 Å². The Morgan fingerprint density at radius 1 is 0.830 bits per heavy atom. The fourth-order valence-corrected chi connectivity index (χ4v) is 6.20. The highest BCUT2D eigenvalue weighted by Crippen LogP contribution is 2.36. The number of ketones is 1. The minimum absolute atomic E-state index is 0.0108. The van der Waals surface area contributed by atoms with Crippen molar-refractivity contribution in [1.29, 1.82) is 0 Å². The van der Waals surface area contributed by atoms with Gasteiger partial charge in [-0.25, -0.2) is 4.79 Å². The maximum atomic E-state index is 13.8. The van der Waals surface area contributed by atoms with Crippen LogP contribution in [0.3, 0.4) is 0 Å². The summed E-state index contributed by atoms with van der Waals surface area (Å²) in [6.45, 7) is 3.00. The first-order valence-electron chi connectivity index (χ1n) is 15.1. The average Bonchev–Trinajstić information content (AvgIpc) is 3.06. The van der Waals surface area contributed by atoms with Gasteiger partial charge in [0.2, 0.25) is 5.91 Å². The van der Waals surface area contributed by atoms with E-state index in [0.29, 0.717) is 52.9 Å². The van der Waals surface area contributed by atoms with Crippen molar-refractivity contribution in [3.8, 4) is 23.0 Å². The Bertz CT molecular complexity index is 1450. The molecule has 1 unspecified atom stereocenters. The number of amides is 1. The third-order valence-corrected chi connectivity index (χ3v) is 8.59. The number of hydrogen-bond acceptors (Lipinski definition) is 8. The number of Topliss-reactive ketones (excluding diaryl/α,β-unsaturated/α-hetero) is 1. The summed E-state index contributed by atoms with van der Waals surface area (Å²) in [5.41, 5.74) is 2.94. The highest BCUT2D eigenvalue weighted by molar-refractivity contribution is 6.14. The molecule has 2 aromatic rings. The predicted octanol–water partition coefficient (Wildman–Crippen LogP) is 5.01. The number of nitrogens with one attached hydrogen (secondary N) is 1. The van der Waals surface area contributed by atoms with Gasteiger partial charge in [0.05, 0.1) is 34.4 Å². The van der Waals surface area contributed by atoms with Gasteiger partial charge in [-0.1, -0.05) is 12.1 Å². The van der Waals surface area contributed by atoms with Crippen LogP contribution in [0.25, 0.3) is 12.2 Å². The van der Waals surface area contributed by atoms with E-state index in [4.69, 9.17) is 28.8 Å². The molecule has 0 spiro atoms. The third kappa shape index (κ3) is 8.85. The smallest absolute Gasteiger partial charge is 0.490 e. The number of benzene rings is 2. The van der Waals surface area contributed by atoms with Gasteiger partial charge in [-0.05, 0) is 92.2 Å². The van der Waals surface area contributed by atoms with Crippen molar-refractivity contribution in [3.05, 3.63) is 58.7 Å². The summed E-state index contributed by atoms with van der Waals surface area (Å²) in [4.78, 5) is 38.5. The van der Waals surface area contributed by atoms with Crippen LogP contribution in [0.15, 0.2) is 47.5 Å². The molecule has 47 heavy (non-hydrogen) atoms. The molecule has 1 saturated carbocycles. The van der Waals surface area contributed by atoms with Crippen molar-refractivity contribution in [2.75, 3.05) is 48.1 Å². The van der Waals surface area contributed by atoms with Crippen molar-refractivity contribution in [2.24, 2.45) is 11.8 Å². The zero-order valence-corrected chi connectivity index (χ0v) is 26.7. The van der Waals surface area contributed by atoms with Crippen LogP contribution in [0, 0.1) is 11.8 Å². The number of carbonyl (C=O) groups excluding carboxylic acids is 2. The molecule has 1 atom stereocenters. The fraction of sp³-hybridized carbons (Fsp3) is 0.441. The van der Waals surface area contributed by atoms with E-state index in [9.17, 15) is 22.8 Å². The molecule has 2 N–H and O–H groups in total. The maximum Gasteiger partial charge on any atom is 0.490 e. The summed E-state index contributed by atoms with van der Waals surface area (Å²) in [6, 6.07) is 11.0. The first-order valence-corrected chi connectivity index (χ1v) is 15.1.